The van der Waals surface area contributed by atoms with E-state index in [-0.39, 0.29) is 23.3 Å². The monoisotopic (exact) mass is 284 g/mol. The minimum absolute atomic E-state index is 0.0254. The topological polar surface area (TPSA) is 98.5 Å². The Balaban J connectivity index is 2.22. The van der Waals surface area contributed by atoms with E-state index in [0.717, 1.165) is 12.8 Å². The predicted octanol–water partition coefficient (Wildman–Crippen LogP) is 0.164. The summed E-state index contributed by atoms with van der Waals surface area (Å²) in [5, 5.41) is 7.91. The van der Waals surface area contributed by atoms with E-state index < -0.39 is 10.0 Å². The molecule has 19 heavy (non-hydrogen) atoms. The number of amides is 1. The number of nitrogens with one attached hydrogen (secondary N) is 1. The molecule has 1 fully saturated rings. The molecule has 6 nitrogen and oxygen atoms in total. The number of primary sulfonamides is 1. The van der Waals surface area contributed by atoms with Gasteiger partial charge in [0.1, 0.15) is 5.75 Å². The van der Waals surface area contributed by atoms with Crippen LogP contribution in [-0.2, 0) is 21.2 Å². The van der Waals surface area contributed by atoms with Crippen molar-refractivity contribution in [1.29, 1.82) is 0 Å². The lowest BCUT2D eigenvalue weighted by Crippen LogP contribution is -2.27. The van der Waals surface area contributed by atoms with Gasteiger partial charge < -0.3 is 10.1 Å². The minimum atomic E-state index is -3.78. The first-order chi connectivity index (χ1) is 8.90. The van der Waals surface area contributed by atoms with Crippen molar-refractivity contribution in [3.63, 3.8) is 0 Å². The van der Waals surface area contributed by atoms with Gasteiger partial charge in [0, 0.05) is 11.6 Å². The van der Waals surface area contributed by atoms with Crippen molar-refractivity contribution in [2.24, 2.45) is 5.14 Å². The third kappa shape index (κ3) is 3.68. The maximum absolute atomic E-state index is 11.7. The van der Waals surface area contributed by atoms with Crippen LogP contribution in [0.3, 0.4) is 0 Å². The first kappa shape index (κ1) is 13.8. The van der Waals surface area contributed by atoms with Crippen LogP contribution in [0.5, 0.6) is 5.75 Å². The molecule has 0 saturated heterocycles. The third-order valence-corrected chi connectivity index (χ3v) is 3.78. The summed E-state index contributed by atoms with van der Waals surface area (Å²) in [5.41, 5.74) is 0.507. The molecular weight excluding hydrogens is 268 g/mol. The van der Waals surface area contributed by atoms with E-state index in [4.69, 9.17) is 9.88 Å². The Bertz CT molecular complexity index is 594. The number of ether oxygens (including phenoxy) is 1. The number of hydrogen-bond acceptors (Lipinski definition) is 4. The smallest absolute Gasteiger partial charge is 0.238 e. The van der Waals surface area contributed by atoms with Crippen LogP contribution >= 0.6 is 0 Å². The fourth-order valence-electron chi connectivity index (χ4n) is 1.75. The average molecular weight is 284 g/mol. The van der Waals surface area contributed by atoms with Crippen molar-refractivity contribution in [3.8, 4) is 5.75 Å². The van der Waals surface area contributed by atoms with Gasteiger partial charge in [0.2, 0.25) is 15.9 Å². The summed E-state index contributed by atoms with van der Waals surface area (Å²) in [4.78, 5) is 11.7. The number of carbonyl (C=O) groups is 1. The van der Waals surface area contributed by atoms with E-state index in [1.807, 2.05) is 0 Å². The molecule has 1 aromatic carbocycles. The van der Waals surface area contributed by atoms with Gasteiger partial charge in [0.05, 0.1) is 18.4 Å². The Labute approximate surface area is 112 Å². The molecule has 0 radical (unpaired) electrons. The van der Waals surface area contributed by atoms with E-state index in [1.165, 1.54) is 25.3 Å². The van der Waals surface area contributed by atoms with Crippen LogP contribution < -0.4 is 15.2 Å². The Morgan fingerprint density at radius 1 is 1.47 bits per heavy atom. The highest BCUT2D eigenvalue weighted by molar-refractivity contribution is 7.89. The maximum Gasteiger partial charge on any atom is 0.238 e. The molecule has 7 heteroatoms. The van der Waals surface area contributed by atoms with E-state index in [1.54, 1.807) is 0 Å². The molecule has 1 aliphatic carbocycles. The Hall–Kier alpha value is -1.60. The highest BCUT2D eigenvalue weighted by Crippen LogP contribution is 2.23. The number of benzene rings is 1. The molecule has 0 spiro atoms. The van der Waals surface area contributed by atoms with Crippen LogP contribution in [0.25, 0.3) is 0 Å². The fourth-order valence-corrected chi connectivity index (χ4v) is 2.31. The normalized spacial score (nSPS) is 15.1. The first-order valence-electron chi connectivity index (χ1n) is 5.89. The summed E-state index contributed by atoms with van der Waals surface area (Å²) in [7, 11) is -2.32. The van der Waals surface area contributed by atoms with Crippen molar-refractivity contribution >= 4 is 15.9 Å². The van der Waals surface area contributed by atoms with Gasteiger partial charge in [0.15, 0.2) is 0 Å². The van der Waals surface area contributed by atoms with Crippen molar-refractivity contribution in [1.82, 2.24) is 5.32 Å². The van der Waals surface area contributed by atoms with Gasteiger partial charge in [-0.15, -0.1) is 0 Å². The quantitative estimate of drug-likeness (QED) is 0.804. The molecule has 0 aromatic heterocycles. The first-order valence-corrected chi connectivity index (χ1v) is 7.44. The van der Waals surface area contributed by atoms with E-state index in [9.17, 15) is 13.2 Å². The number of rotatable bonds is 5. The molecule has 0 unspecified atom stereocenters. The second-order valence-electron chi connectivity index (χ2n) is 4.54. The third-order valence-electron chi connectivity index (χ3n) is 2.87. The van der Waals surface area contributed by atoms with Gasteiger partial charge >= 0.3 is 0 Å². The van der Waals surface area contributed by atoms with Gasteiger partial charge in [-0.3, -0.25) is 4.79 Å². The highest BCUT2D eigenvalue weighted by atomic mass is 32.2. The summed E-state index contributed by atoms with van der Waals surface area (Å²) in [6.07, 6.45) is 2.07. The van der Waals surface area contributed by atoms with Crippen molar-refractivity contribution in [3.05, 3.63) is 23.8 Å². The zero-order chi connectivity index (χ0) is 14.0. The van der Waals surface area contributed by atoms with Gasteiger partial charge in [-0.05, 0) is 31.0 Å². The average Bonchev–Trinajstić information content (AvgIpc) is 3.11. The summed E-state index contributed by atoms with van der Waals surface area (Å²) in [5.74, 6) is 0.325. The molecule has 0 heterocycles. The molecule has 0 aliphatic heterocycles. The van der Waals surface area contributed by atoms with Crippen LogP contribution in [0.2, 0.25) is 0 Å². The second kappa shape index (κ2) is 5.18. The lowest BCUT2D eigenvalue weighted by Gasteiger charge is -2.10. The van der Waals surface area contributed by atoms with Gasteiger partial charge in [-0.25, -0.2) is 13.6 Å². The SMILES string of the molecule is COc1ccc(S(N)(=O)=O)cc1CC(=O)NC1CC1. The molecule has 3 N–H and O–H groups in total. The number of nitrogens with two attached hydrogens (primary N) is 1. The molecule has 1 saturated carbocycles. The largest absolute Gasteiger partial charge is 0.496 e. The number of methoxy groups -OCH3 is 1. The molecule has 0 atom stereocenters. The number of hydrogen-bond donors (Lipinski definition) is 2. The van der Waals surface area contributed by atoms with Gasteiger partial charge in [-0.1, -0.05) is 0 Å². The summed E-state index contributed by atoms with van der Waals surface area (Å²) < 4.78 is 27.7. The van der Waals surface area contributed by atoms with Crippen molar-refractivity contribution < 1.29 is 17.9 Å². The molecular formula is C12H16N2O4S. The Morgan fingerprint density at radius 2 is 2.16 bits per heavy atom. The minimum Gasteiger partial charge on any atom is -0.496 e. The zero-order valence-electron chi connectivity index (χ0n) is 10.5. The summed E-state index contributed by atoms with van der Waals surface area (Å²) in [6, 6.07) is 4.50. The molecule has 1 aliphatic rings. The standard InChI is InChI=1S/C12H16N2O4S/c1-18-11-5-4-10(19(13,16)17)6-8(11)7-12(15)14-9-2-3-9/h4-6,9H,2-3,7H2,1H3,(H,14,15)(H2,13,16,17). The van der Waals surface area contributed by atoms with E-state index in [0.29, 0.717) is 11.3 Å². The van der Waals surface area contributed by atoms with Crippen LogP contribution in [0.15, 0.2) is 23.1 Å². The highest BCUT2D eigenvalue weighted by Gasteiger charge is 2.24. The van der Waals surface area contributed by atoms with E-state index in [2.05, 4.69) is 5.32 Å². The van der Waals surface area contributed by atoms with Crippen LogP contribution in [0.4, 0.5) is 0 Å². The maximum atomic E-state index is 11.7. The molecule has 1 amide bonds. The molecule has 0 bridgehead atoms. The number of sulfonamides is 1. The second-order valence-corrected chi connectivity index (χ2v) is 6.10. The molecule has 1 aromatic rings. The lowest BCUT2D eigenvalue weighted by molar-refractivity contribution is -0.120. The summed E-state index contributed by atoms with van der Waals surface area (Å²) in [6.45, 7) is 0. The van der Waals surface area contributed by atoms with Gasteiger partial charge in [0.25, 0.3) is 0 Å². The lowest BCUT2D eigenvalue weighted by atomic mass is 10.1. The van der Waals surface area contributed by atoms with Crippen LogP contribution in [0.1, 0.15) is 18.4 Å². The molecule has 2 rings (SSSR count). The predicted molar refractivity (Wildman–Crippen MR) is 69.2 cm³/mol. The van der Waals surface area contributed by atoms with Crippen LogP contribution in [0, 0.1) is 0 Å². The Morgan fingerprint density at radius 3 is 2.68 bits per heavy atom. The van der Waals surface area contributed by atoms with Crippen LogP contribution in [-0.4, -0.2) is 27.5 Å². The van der Waals surface area contributed by atoms with Crippen molar-refractivity contribution in [2.75, 3.05) is 7.11 Å². The zero-order valence-corrected chi connectivity index (χ0v) is 11.4. The summed E-state index contributed by atoms with van der Waals surface area (Å²) >= 11 is 0. The fraction of sp³-hybridized carbons (Fsp3) is 0.417. The molecule has 104 valence electrons. The van der Waals surface area contributed by atoms with E-state index >= 15 is 0 Å². The Kier molecular flexibility index (Phi) is 3.77. The number of carbonyl (C=O) groups excluding carboxylic acids is 1. The van der Waals surface area contributed by atoms with Gasteiger partial charge in [-0.2, -0.15) is 0 Å². The van der Waals surface area contributed by atoms with Crippen molar-refractivity contribution in [2.45, 2.75) is 30.2 Å².